The van der Waals surface area contributed by atoms with Gasteiger partial charge in [-0.15, -0.1) is 0 Å². The highest BCUT2D eigenvalue weighted by molar-refractivity contribution is 7.54. The molecule has 0 aromatic rings. The van der Waals surface area contributed by atoms with E-state index in [1.165, 1.54) is 0 Å². The summed E-state index contributed by atoms with van der Waals surface area (Å²) in [5.74, 6) is -0.580. The van der Waals surface area contributed by atoms with E-state index in [4.69, 9.17) is 13.8 Å². The van der Waals surface area contributed by atoms with Crippen LogP contribution >= 0.6 is 7.60 Å². The molecule has 0 aliphatic heterocycles. The fourth-order valence-electron chi connectivity index (χ4n) is 1.29. The van der Waals surface area contributed by atoms with E-state index in [9.17, 15) is 9.36 Å². The zero-order valence-corrected chi connectivity index (χ0v) is 11.2. The standard InChI is InChI=1S/C10H21O5P/c1-5-14-16(12,15-6-2)10(13-8-11)7-9(3)4/h8-10H,5-7H2,1-4H3. The van der Waals surface area contributed by atoms with Crippen molar-refractivity contribution in [2.75, 3.05) is 13.2 Å². The first kappa shape index (κ1) is 15.6. The highest BCUT2D eigenvalue weighted by atomic mass is 31.2. The van der Waals surface area contributed by atoms with Crippen molar-refractivity contribution in [3.8, 4) is 0 Å². The van der Waals surface area contributed by atoms with Crippen LogP contribution in [0.25, 0.3) is 0 Å². The molecular formula is C10H21O5P. The maximum absolute atomic E-state index is 12.3. The average Bonchev–Trinajstić information content (AvgIpc) is 2.17. The zero-order chi connectivity index (χ0) is 12.6. The quantitative estimate of drug-likeness (QED) is 0.466. The van der Waals surface area contributed by atoms with E-state index in [2.05, 4.69) is 0 Å². The number of hydrogen-bond donors (Lipinski definition) is 0. The zero-order valence-electron chi connectivity index (χ0n) is 10.3. The van der Waals surface area contributed by atoms with Gasteiger partial charge in [-0.1, -0.05) is 13.8 Å². The van der Waals surface area contributed by atoms with Crippen LogP contribution in [-0.4, -0.2) is 25.5 Å². The van der Waals surface area contributed by atoms with Gasteiger partial charge in [0.2, 0.25) is 5.85 Å². The molecule has 1 atom stereocenters. The molecule has 1 unspecified atom stereocenters. The lowest BCUT2D eigenvalue weighted by atomic mass is 10.1. The summed E-state index contributed by atoms with van der Waals surface area (Å²) in [7, 11) is -3.35. The van der Waals surface area contributed by atoms with Crippen molar-refractivity contribution in [2.45, 2.75) is 40.0 Å². The molecule has 6 heteroatoms. The summed E-state index contributed by atoms with van der Waals surface area (Å²) >= 11 is 0. The lowest BCUT2D eigenvalue weighted by molar-refractivity contribution is -0.131. The molecule has 0 radical (unpaired) electrons. The van der Waals surface area contributed by atoms with Crippen LogP contribution < -0.4 is 0 Å². The van der Waals surface area contributed by atoms with Crippen LogP contribution in [0.4, 0.5) is 0 Å². The lowest BCUT2D eigenvalue weighted by Crippen LogP contribution is -2.19. The van der Waals surface area contributed by atoms with Crippen LogP contribution in [0.1, 0.15) is 34.1 Å². The van der Waals surface area contributed by atoms with Crippen molar-refractivity contribution < 1.29 is 23.1 Å². The lowest BCUT2D eigenvalue weighted by Gasteiger charge is -2.25. The van der Waals surface area contributed by atoms with Crippen LogP contribution in [0.5, 0.6) is 0 Å². The molecule has 0 fully saturated rings. The molecule has 0 aromatic heterocycles. The monoisotopic (exact) mass is 252 g/mol. The SMILES string of the molecule is CCOP(=O)(OCC)C(CC(C)C)OC=O. The maximum atomic E-state index is 12.3. The van der Waals surface area contributed by atoms with Gasteiger partial charge in [-0.2, -0.15) is 0 Å². The van der Waals surface area contributed by atoms with Gasteiger partial charge >= 0.3 is 7.60 Å². The predicted molar refractivity (Wildman–Crippen MR) is 61.3 cm³/mol. The van der Waals surface area contributed by atoms with Crippen molar-refractivity contribution in [1.29, 1.82) is 0 Å². The summed E-state index contributed by atoms with van der Waals surface area (Å²) in [6.07, 6.45) is 0.454. The Bertz CT molecular complexity index is 231. The minimum atomic E-state index is -3.35. The van der Waals surface area contributed by atoms with E-state index in [-0.39, 0.29) is 25.6 Å². The average molecular weight is 252 g/mol. The molecule has 0 aliphatic carbocycles. The van der Waals surface area contributed by atoms with Gasteiger partial charge in [0, 0.05) is 0 Å². The molecule has 0 saturated heterocycles. The summed E-state index contributed by atoms with van der Waals surface area (Å²) in [4.78, 5) is 10.4. The molecule has 5 nitrogen and oxygen atoms in total. The minimum absolute atomic E-state index is 0.235. The van der Waals surface area contributed by atoms with Gasteiger partial charge < -0.3 is 13.8 Å². The van der Waals surface area contributed by atoms with Gasteiger partial charge in [-0.3, -0.25) is 9.36 Å². The summed E-state index contributed by atoms with van der Waals surface area (Å²) in [6, 6.07) is 0. The molecule has 0 amide bonds. The maximum Gasteiger partial charge on any atom is 0.370 e. The number of ether oxygens (including phenoxy) is 1. The van der Waals surface area contributed by atoms with Gasteiger partial charge in [0.05, 0.1) is 13.2 Å². The Hall–Kier alpha value is -0.380. The second-order valence-electron chi connectivity index (χ2n) is 3.69. The normalized spacial score (nSPS) is 13.8. The van der Waals surface area contributed by atoms with E-state index in [0.717, 1.165) is 0 Å². The predicted octanol–water partition coefficient (Wildman–Crippen LogP) is 2.80. The first-order valence-corrected chi connectivity index (χ1v) is 7.09. The first-order valence-electron chi connectivity index (χ1n) is 5.48. The van der Waals surface area contributed by atoms with Crippen LogP contribution in [0.15, 0.2) is 0 Å². The molecule has 0 aromatic carbocycles. The van der Waals surface area contributed by atoms with Crippen molar-refractivity contribution >= 4 is 14.1 Å². The minimum Gasteiger partial charge on any atom is -0.452 e. The number of rotatable bonds is 9. The fraction of sp³-hybridized carbons (Fsp3) is 0.900. The van der Waals surface area contributed by atoms with E-state index in [1.807, 2.05) is 13.8 Å². The van der Waals surface area contributed by atoms with E-state index < -0.39 is 13.4 Å². The van der Waals surface area contributed by atoms with Crippen LogP contribution in [-0.2, 0) is 23.1 Å². The van der Waals surface area contributed by atoms with Gasteiger partial charge in [0.15, 0.2) is 0 Å². The van der Waals surface area contributed by atoms with Crippen molar-refractivity contribution in [1.82, 2.24) is 0 Å². The van der Waals surface area contributed by atoms with Gasteiger partial charge in [-0.25, -0.2) is 0 Å². The first-order chi connectivity index (χ1) is 7.50. The number of carbonyl (C=O) groups excluding carboxylic acids is 1. The molecule has 0 saturated carbocycles. The molecule has 96 valence electrons. The Kier molecular flexibility index (Phi) is 7.64. The molecule has 0 bridgehead atoms. The van der Waals surface area contributed by atoms with E-state index in [0.29, 0.717) is 6.42 Å². The second kappa shape index (κ2) is 7.82. The molecular weight excluding hydrogens is 231 g/mol. The largest absolute Gasteiger partial charge is 0.452 e. The molecule has 0 rings (SSSR count). The van der Waals surface area contributed by atoms with Crippen LogP contribution in [0.3, 0.4) is 0 Å². The van der Waals surface area contributed by atoms with Crippen molar-refractivity contribution in [3.63, 3.8) is 0 Å². The van der Waals surface area contributed by atoms with Crippen molar-refractivity contribution in [2.24, 2.45) is 5.92 Å². The summed E-state index contributed by atoms with van der Waals surface area (Å²) in [5.41, 5.74) is 0. The van der Waals surface area contributed by atoms with E-state index >= 15 is 0 Å². The van der Waals surface area contributed by atoms with Crippen LogP contribution in [0.2, 0.25) is 0 Å². The van der Waals surface area contributed by atoms with Gasteiger partial charge in [0.1, 0.15) is 0 Å². The summed E-state index contributed by atoms with van der Waals surface area (Å²) in [6.45, 7) is 8.14. The Labute approximate surface area is 97.0 Å². The summed E-state index contributed by atoms with van der Waals surface area (Å²) < 4.78 is 27.4. The molecule has 0 spiro atoms. The van der Waals surface area contributed by atoms with Gasteiger partial charge in [0.25, 0.3) is 6.47 Å². The van der Waals surface area contributed by atoms with Crippen molar-refractivity contribution in [3.05, 3.63) is 0 Å². The number of carbonyl (C=O) groups is 1. The highest BCUT2D eigenvalue weighted by Crippen LogP contribution is 2.55. The summed E-state index contributed by atoms with van der Waals surface area (Å²) in [5, 5.41) is 0. The Morgan fingerprint density at radius 2 is 1.69 bits per heavy atom. The molecule has 0 N–H and O–H groups in total. The Morgan fingerprint density at radius 1 is 1.19 bits per heavy atom. The second-order valence-corrected chi connectivity index (χ2v) is 5.86. The van der Waals surface area contributed by atoms with Crippen LogP contribution in [0, 0.1) is 5.92 Å². The Morgan fingerprint density at radius 3 is 2.00 bits per heavy atom. The number of hydrogen-bond acceptors (Lipinski definition) is 5. The molecule has 16 heavy (non-hydrogen) atoms. The third-order valence-corrected chi connectivity index (χ3v) is 4.13. The molecule has 0 heterocycles. The Balaban J connectivity index is 4.77. The highest BCUT2D eigenvalue weighted by Gasteiger charge is 2.37. The molecule has 0 aliphatic rings. The smallest absolute Gasteiger partial charge is 0.370 e. The van der Waals surface area contributed by atoms with E-state index in [1.54, 1.807) is 13.8 Å². The van der Waals surface area contributed by atoms with Gasteiger partial charge in [-0.05, 0) is 26.2 Å². The third kappa shape index (κ3) is 5.10. The fourth-order valence-corrected chi connectivity index (χ4v) is 3.30. The topological polar surface area (TPSA) is 61.8 Å². The third-order valence-electron chi connectivity index (χ3n) is 1.86.